The largest absolute Gasteiger partial charge is 0.393 e. The first-order valence-corrected chi connectivity index (χ1v) is 8.56. The van der Waals surface area contributed by atoms with E-state index in [1.807, 2.05) is 0 Å². The predicted octanol–water partition coefficient (Wildman–Crippen LogP) is 2.29. The van der Waals surface area contributed by atoms with E-state index < -0.39 is 17.7 Å². The molecule has 1 aliphatic heterocycles. The van der Waals surface area contributed by atoms with Crippen molar-refractivity contribution in [2.75, 3.05) is 19.8 Å². The molecule has 6 heteroatoms. The van der Waals surface area contributed by atoms with Crippen molar-refractivity contribution in [2.45, 2.75) is 44.2 Å². The van der Waals surface area contributed by atoms with E-state index in [-0.39, 0.29) is 36.3 Å². The number of amides is 1. The van der Waals surface area contributed by atoms with Crippen LogP contribution in [0.15, 0.2) is 18.2 Å². The Balaban J connectivity index is 1.65. The summed E-state index contributed by atoms with van der Waals surface area (Å²) in [7, 11) is 0. The van der Waals surface area contributed by atoms with Crippen LogP contribution in [0.3, 0.4) is 0 Å². The molecule has 1 N–H and O–H groups in total. The third-order valence-electron chi connectivity index (χ3n) is 5.15. The van der Waals surface area contributed by atoms with Crippen molar-refractivity contribution in [1.29, 1.82) is 0 Å². The van der Waals surface area contributed by atoms with Gasteiger partial charge < -0.3 is 14.7 Å². The summed E-state index contributed by atoms with van der Waals surface area (Å²) in [6.45, 7) is 1.39. The van der Waals surface area contributed by atoms with E-state index in [1.54, 1.807) is 4.90 Å². The molecule has 1 saturated carbocycles. The molecule has 1 heterocycles. The number of rotatable bonds is 4. The van der Waals surface area contributed by atoms with Crippen molar-refractivity contribution in [3.05, 3.63) is 35.4 Å². The molecule has 132 valence electrons. The van der Waals surface area contributed by atoms with E-state index in [0.29, 0.717) is 19.8 Å². The van der Waals surface area contributed by atoms with Gasteiger partial charge >= 0.3 is 0 Å². The molecule has 1 amide bonds. The number of aryl methyl sites for hydroxylation is 1. The summed E-state index contributed by atoms with van der Waals surface area (Å²) in [5.41, 5.74) is 0.217. The maximum atomic E-state index is 13.7. The van der Waals surface area contributed by atoms with Crippen LogP contribution < -0.4 is 0 Å². The monoisotopic (exact) mass is 339 g/mol. The van der Waals surface area contributed by atoms with Crippen molar-refractivity contribution in [3.63, 3.8) is 0 Å². The number of aliphatic hydroxyl groups excluding tert-OH is 1. The standard InChI is InChI=1S/C18H23F2NO3/c19-14-5-1-3-12(18(14)20)7-8-17(23)21-9-10-24-11-15(21)13-4-2-6-16(13)22/h1,3,5,13,15-16,22H,2,4,6-11H2/t13-,15-,16+/m1/s1. The average molecular weight is 339 g/mol. The lowest BCUT2D eigenvalue weighted by molar-refractivity contribution is -0.143. The molecule has 3 rings (SSSR count). The molecule has 1 aromatic rings. The first kappa shape index (κ1) is 17.3. The molecule has 0 spiro atoms. The molecular weight excluding hydrogens is 316 g/mol. The number of hydrogen-bond donors (Lipinski definition) is 1. The summed E-state index contributed by atoms with van der Waals surface area (Å²) in [5, 5.41) is 10.1. The second-order valence-corrected chi connectivity index (χ2v) is 6.60. The first-order chi connectivity index (χ1) is 11.6. The van der Waals surface area contributed by atoms with Gasteiger partial charge in [0.1, 0.15) is 0 Å². The number of halogens is 2. The van der Waals surface area contributed by atoms with Gasteiger partial charge in [0, 0.05) is 18.9 Å². The molecular formula is C18H23F2NO3. The molecule has 0 unspecified atom stereocenters. The molecule has 1 saturated heterocycles. The number of nitrogens with zero attached hydrogens (tertiary/aromatic N) is 1. The Hall–Kier alpha value is -1.53. The lowest BCUT2D eigenvalue weighted by Crippen LogP contribution is -2.53. The Bertz CT molecular complexity index is 596. The fraction of sp³-hybridized carbons (Fsp3) is 0.611. The molecule has 2 aliphatic rings. The van der Waals surface area contributed by atoms with E-state index in [0.717, 1.165) is 25.3 Å². The second kappa shape index (κ2) is 7.57. The van der Waals surface area contributed by atoms with Crippen molar-refractivity contribution >= 4 is 5.91 Å². The zero-order chi connectivity index (χ0) is 17.1. The molecule has 0 aromatic heterocycles. The van der Waals surface area contributed by atoms with Crippen LogP contribution in [0.5, 0.6) is 0 Å². The predicted molar refractivity (Wildman–Crippen MR) is 84.3 cm³/mol. The van der Waals surface area contributed by atoms with E-state index in [9.17, 15) is 18.7 Å². The van der Waals surface area contributed by atoms with Gasteiger partial charge in [-0.25, -0.2) is 8.78 Å². The van der Waals surface area contributed by atoms with Crippen LogP contribution in [0.4, 0.5) is 8.78 Å². The summed E-state index contributed by atoms with van der Waals surface area (Å²) in [6, 6.07) is 3.90. The topological polar surface area (TPSA) is 49.8 Å². The number of carbonyl (C=O) groups excluding carboxylic acids is 1. The SMILES string of the molecule is O=C(CCc1cccc(F)c1F)N1CCOC[C@@H]1[C@H]1CCC[C@@H]1O. The highest BCUT2D eigenvalue weighted by molar-refractivity contribution is 5.77. The van der Waals surface area contributed by atoms with Crippen LogP contribution in [0.1, 0.15) is 31.2 Å². The summed E-state index contributed by atoms with van der Waals surface area (Å²) in [6.07, 6.45) is 2.50. The van der Waals surface area contributed by atoms with Gasteiger partial charge in [0.15, 0.2) is 11.6 Å². The summed E-state index contributed by atoms with van der Waals surface area (Å²) in [5.74, 6) is -1.82. The summed E-state index contributed by atoms with van der Waals surface area (Å²) < 4.78 is 32.5. The molecule has 2 fully saturated rings. The Morgan fingerprint density at radius 1 is 1.33 bits per heavy atom. The smallest absolute Gasteiger partial charge is 0.223 e. The van der Waals surface area contributed by atoms with Gasteiger partial charge in [-0.15, -0.1) is 0 Å². The third-order valence-corrected chi connectivity index (χ3v) is 5.15. The molecule has 1 aliphatic carbocycles. The minimum Gasteiger partial charge on any atom is -0.393 e. The third kappa shape index (κ3) is 3.59. The lowest BCUT2D eigenvalue weighted by Gasteiger charge is -2.40. The van der Waals surface area contributed by atoms with E-state index in [1.165, 1.54) is 12.1 Å². The first-order valence-electron chi connectivity index (χ1n) is 8.56. The van der Waals surface area contributed by atoms with Crippen LogP contribution >= 0.6 is 0 Å². The number of morpholine rings is 1. The van der Waals surface area contributed by atoms with Gasteiger partial charge in [-0.3, -0.25) is 4.79 Å². The Morgan fingerprint density at radius 2 is 2.17 bits per heavy atom. The molecule has 3 atom stereocenters. The average Bonchev–Trinajstić information content (AvgIpc) is 3.02. The van der Waals surface area contributed by atoms with Gasteiger partial charge in [0.25, 0.3) is 0 Å². The quantitative estimate of drug-likeness (QED) is 0.916. The van der Waals surface area contributed by atoms with Crippen LogP contribution in [0.25, 0.3) is 0 Å². The highest BCUT2D eigenvalue weighted by atomic mass is 19.2. The minimum atomic E-state index is -0.890. The molecule has 0 bridgehead atoms. The van der Waals surface area contributed by atoms with Crippen LogP contribution in [-0.2, 0) is 16.0 Å². The second-order valence-electron chi connectivity index (χ2n) is 6.60. The molecule has 1 aromatic carbocycles. The minimum absolute atomic E-state index is 0.0418. The van der Waals surface area contributed by atoms with E-state index in [2.05, 4.69) is 0 Å². The van der Waals surface area contributed by atoms with Crippen molar-refractivity contribution in [3.8, 4) is 0 Å². The number of benzene rings is 1. The summed E-state index contributed by atoms with van der Waals surface area (Å²) in [4.78, 5) is 14.4. The Morgan fingerprint density at radius 3 is 2.92 bits per heavy atom. The normalized spacial score (nSPS) is 27.5. The highest BCUT2D eigenvalue weighted by Crippen LogP contribution is 2.32. The fourth-order valence-corrected chi connectivity index (χ4v) is 3.83. The van der Waals surface area contributed by atoms with Crippen LogP contribution in [0, 0.1) is 17.6 Å². The van der Waals surface area contributed by atoms with Gasteiger partial charge in [-0.05, 0) is 30.9 Å². The Kier molecular flexibility index (Phi) is 5.46. The van der Waals surface area contributed by atoms with Crippen molar-refractivity contribution in [1.82, 2.24) is 4.90 Å². The number of carbonyl (C=O) groups is 1. The summed E-state index contributed by atoms with van der Waals surface area (Å²) >= 11 is 0. The molecule has 24 heavy (non-hydrogen) atoms. The maximum Gasteiger partial charge on any atom is 0.223 e. The van der Waals surface area contributed by atoms with Gasteiger partial charge in [0.2, 0.25) is 5.91 Å². The van der Waals surface area contributed by atoms with Gasteiger partial charge in [-0.2, -0.15) is 0 Å². The number of hydrogen-bond acceptors (Lipinski definition) is 3. The van der Waals surface area contributed by atoms with Crippen LogP contribution in [0.2, 0.25) is 0 Å². The zero-order valence-corrected chi connectivity index (χ0v) is 13.6. The van der Waals surface area contributed by atoms with Gasteiger partial charge in [0.05, 0.1) is 25.4 Å². The number of aliphatic hydroxyl groups is 1. The zero-order valence-electron chi connectivity index (χ0n) is 13.6. The van der Waals surface area contributed by atoms with Crippen LogP contribution in [-0.4, -0.2) is 47.8 Å². The lowest BCUT2D eigenvalue weighted by atomic mass is 9.93. The molecule has 0 radical (unpaired) electrons. The van der Waals surface area contributed by atoms with E-state index in [4.69, 9.17) is 4.74 Å². The Labute approximate surface area is 140 Å². The highest BCUT2D eigenvalue weighted by Gasteiger charge is 2.39. The van der Waals surface area contributed by atoms with Gasteiger partial charge in [-0.1, -0.05) is 18.6 Å². The van der Waals surface area contributed by atoms with Crippen molar-refractivity contribution in [2.24, 2.45) is 5.92 Å². The number of ether oxygens (including phenoxy) is 1. The fourth-order valence-electron chi connectivity index (χ4n) is 3.83. The van der Waals surface area contributed by atoms with Crippen molar-refractivity contribution < 1.29 is 23.4 Å². The maximum absolute atomic E-state index is 13.7. The molecule has 4 nitrogen and oxygen atoms in total. The van der Waals surface area contributed by atoms with E-state index >= 15 is 0 Å².